The average molecular weight is 271 g/mol. The van der Waals surface area contributed by atoms with Gasteiger partial charge in [0.1, 0.15) is 6.33 Å². The SMILES string of the molecule is CC(C)(C)CC(NC(=O)n1ccnc1)c1ccccc1. The van der Waals surface area contributed by atoms with E-state index < -0.39 is 0 Å². The molecule has 0 aliphatic heterocycles. The molecule has 0 aliphatic carbocycles. The molecule has 1 unspecified atom stereocenters. The first-order valence-corrected chi connectivity index (χ1v) is 6.79. The highest BCUT2D eigenvalue weighted by molar-refractivity contribution is 5.76. The number of imidazole rings is 1. The normalized spacial score (nSPS) is 12.9. The smallest absolute Gasteiger partial charge is 0.327 e. The number of rotatable bonds is 3. The first-order valence-electron chi connectivity index (χ1n) is 6.79. The highest BCUT2D eigenvalue weighted by Crippen LogP contribution is 2.29. The van der Waals surface area contributed by atoms with Gasteiger partial charge in [0.2, 0.25) is 0 Å². The van der Waals surface area contributed by atoms with Crippen LogP contribution in [0.25, 0.3) is 0 Å². The Hall–Kier alpha value is -2.10. The molecule has 0 spiro atoms. The molecule has 106 valence electrons. The Bertz CT molecular complexity index is 541. The fourth-order valence-corrected chi connectivity index (χ4v) is 2.15. The minimum atomic E-state index is -0.152. The average Bonchev–Trinajstić information content (AvgIpc) is 2.91. The molecule has 20 heavy (non-hydrogen) atoms. The maximum Gasteiger partial charge on any atom is 0.327 e. The van der Waals surface area contributed by atoms with Crippen LogP contribution in [-0.2, 0) is 0 Å². The number of benzene rings is 1. The van der Waals surface area contributed by atoms with Crippen molar-refractivity contribution in [3.05, 3.63) is 54.6 Å². The van der Waals surface area contributed by atoms with Crippen molar-refractivity contribution in [2.45, 2.75) is 33.2 Å². The molecule has 1 heterocycles. The lowest BCUT2D eigenvalue weighted by Gasteiger charge is -2.27. The third kappa shape index (κ3) is 3.95. The van der Waals surface area contributed by atoms with Gasteiger partial charge in [-0.05, 0) is 17.4 Å². The predicted octanol–water partition coefficient (Wildman–Crippen LogP) is 3.62. The zero-order valence-electron chi connectivity index (χ0n) is 12.2. The van der Waals surface area contributed by atoms with Crippen molar-refractivity contribution in [3.8, 4) is 0 Å². The van der Waals surface area contributed by atoms with Crippen LogP contribution >= 0.6 is 0 Å². The molecule has 2 rings (SSSR count). The van der Waals surface area contributed by atoms with E-state index in [9.17, 15) is 4.79 Å². The molecule has 2 aromatic rings. The Morgan fingerprint density at radius 2 is 2.00 bits per heavy atom. The lowest BCUT2D eigenvalue weighted by atomic mass is 9.85. The largest absolute Gasteiger partial charge is 0.331 e. The first-order chi connectivity index (χ1) is 9.46. The topological polar surface area (TPSA) is 46.9 Å². The van der Waals surface area contributed by atoms with Crippen molar-refractivity contribution in [1.29, 1.82) is 0 Å². The van der Waals surface area contributed by atoms with E-state index in [0.29, 0.717) is 0 Å². The summed E-state index contributed by atoms with van der Waals surface area (Å²) in [6.45, 7) is 6.52. The Kier molecular flexibility index (Phi) is 4.23. The lowest BCUT2D eigenvalue weighted by molar-refractivity contribution is 0.232. The molecule has 4 nitrogen and oxygen atoms in total. The van der Waals surface area contributed by atoms with Crippen LogP contribution in [0.4, 0.5) is 4.79 Å². The van der Waals surface area contributed by atoms with Crippen LogP contribution in [0.3, 0.4) is 0 Å². The van der Waals surface area contributed by atoms with Crippen LogP contribution in [0.15, 0.2) is 49.1 Å². The van der Waals surface area contributed by atoms with Crippen molar-refractivity contribution in [3.63, 3.8) is 0 Å². The third-order valence-electron chi connectivity index (χ3n) is 3.06. The van der Waals surface area contributed by atoms with Gasteiger partial charge in [0.25, 0.3) is 0 Å². The van der Waals surface area contributed by atoms with Crippen LogP contribution in [-0.4, -0.2) is 15.6 Å². The molecule has 0 radical (unpaired) electrons. The Labute approximate surface area is 119 Å². The number of carbonyl (C=O) groups excluding carboxylic acids is 1. The van der Waals surface area contributed by atoms with E-state index in [2.05, 4.69) is 31.1 Å². The van der Waals surface area contributed by atoms with E-state index in [1.54, 1.807) is 12.4 Å². The second-order valence-corrected chi connectivity index (χ2v) is 6.15. The highest BCUT2D eigenvalue weighted by atomic mass is 16.2. The standard InChI is InChI=1S/C16H21N3O/c1-16(2,3)11-14(13-7-5-4-6-8-13)18-15(20)19-10-9-17-12-19/h4-10,12,14H,11H2,1-3H3,(H,18,20). The second kappa shape index (κ2) is 5.90. The van der Waals surface area contributed by atoms with Crippen LogP contribution < -0.4 is 5.32 Å². The summed E-state index contributed by atoms with van der Waals surface area (Å²) in [5.74, 6) is 0. The van der Waals surface area contributed by atoms with Gasteiger partial charge in [-0.25, -0.2) is 9.78 Å². The summed E-state index contributed by atoms with van der Waals surface area (Å²) in [6, 6.07) is 9.90. The van der Waals surface area contributed by atoms with E-state index in [0.717, 1.165) is 12.0 Å². The molecule has 1 N–H and O–H groups in total. The Morgan fingerprint density at radius 3 is 2.55 bits per heavy atom. The number of hydrogen-bond acceptors (Lipinski definition) is 2. The number of aromatic nitrogens is 2. The number of amides is 1. The van der Waals surface area contributed by atoms with Gasteiger partial charge in [0.05, 0.1) is 6.04 Å². The van der Waals surface area contributed by atoms with Crippen molar-refractivity contribution >= 4 is 6.03 Å². The number of carbonyl (C=O) groups is 1. The van der Waals surface area contributed by atoms with Crippen molar-refractivity contribution in [1.82, 2.24) is 14.9 Å². The van der Waals surface area contributed by atoms with Crippen molar-refractivity contribution in [2.24, 2.45) is 5.41 Å². The van der Waals surface area contributed by atoms with Gasteiger partial charge in [-0.3, -0.25) is 4.57 Å². The summed E-state index contributed by atoms with van der Waals surface area (Å²) < 4.78 is 1.46. The Morgan fingerprint density at radius 1 is 1.30 bits per heavy atom. The molecule has 0 saturated carbocycles. The zero-order valence-corrected chi connectivity index (χ0v) is 12.2. The first kappa shape index (κ1) is 14.3. The summed E-state index contributed by atoms with van der Waals surface area (Å²) in [4.78, 5) is 16.1. The summed E-state index contributed by atoms with van der Waals surface area (Å²) in [7, 11) is 0. The van der Waals surface area contributed by atoms with Crippen LogP contribution in [0.1, 0.15) is 38.8 Å². The predicted molar refractivity (Wildman–Crippen MR) is 79.4 cm³/mol. The van der Waals surface area contributed by atoms with Gasteiger partial charge in [0, 0.05) is 12.4 Å². The summed E-state index contributed by atoms with van der Waals surface area (Å²) in [5, 5.41) is 3.08. The van der Waals surface area contributed by atoms with E-state index in [-0.39, 0.29) is 17.5 Å². The zero-order chi connectivity index (χ0) is 14.6. The molecule has 1 aromatic heterocycles. The van der Waals surface area contributed by atoms with Crippen LogP contribution in [0.5, 0.6) is 0 Å². The summed E-state index contributed by atoms with van der Waals surface area (Å²) >= 11 is 0. The van der Waals surface area contributed by atoms with Crippen LogP contribution in [0.2, 0.25) is 0 Å². The van der Waals surface area contributed by atoms with Gasteiger partial charge >= 0.3 is 6.03 Å². The molecule has 4 heteroatoms. The number of nitrogens with one attached hydrogen (secondary N) is 1. The molecule has 0 aliphatic rings. The third-order valence-corrected chi connectivity index (χ3v) is 3.06. The fraction of sp³-hybridized carbons (Fsp3) is 0.375. The second-order valence-electron chi connectivity index (χ2n) is 6.15. The molecule has 0 fully saturated rings. The van der Waals surface area contributed by atoms with E-state index in [4.69, 9.17) is 0 Å². The van der Waals surface area contributed by atoms with Crippen molar-refractivity contribution in [2.75, 3.05) is 0 Å². The molecule has 1 aromatic carbocycles. The summed E-state index contributed by atoms with van der Waals surface area (Å²) in [5.41, 5.74) is 1.25. The minimum absolute atomic E-state index is 0.00824. The molecular formula is C16H21N3O. The maximum absolute atomic E-state index is 12.2. The monoisotopic (exact) mass is 271 g/mol. The molecular weight excluding hydrogens is 250 g/mol. The fourth-order valence-electron chi connectivity index (χ4n) is 2.15. The summed E-state index contributed by atoms with van der Waals surface area (Å²) in [6.07, 6.45) is 5.63. The lowest BCUT2D eigenvalue weighted by Crippen LogP contribution is -2.33. The van der Waals surface area contributed by atoms with Gasteiger partial charge < -0.3 is 5.32 Å². The van der Waals surface area contributed by atoms with Gasteiger partial charge in [0.15, 0.2) is 0 Å². The van der Waals surface area contributed by atoms with Gasteiger partial charge in [-0.2, -0.15) is 0 Å². The maximum atomic E-state index is 12.2. The highest BCUT2D eigenvalue weighted by Gasteiger charge is 2.22. The van der Waals surface area contributed by atoms with Crippen LogP contribution in [0, 0.1) is 5.41 Å². The molecule has 0 bridgehead atoms. The minimum Gasteiger partial charge on any atom is -0.331 e. The Balaban J connectivity index is 2.17. The van der Waals surface area contributed by atoms with E-state index in [1.807, 2.05) is 30.3 Å². The van der Waals surface area contributed by atoms with Crippen molar-refractivity contribution < 1.29 is 4.79 Å². The molecule has 0 saturated heterocycles. The van der Waals surface area contributed by atoms with Gasteiger partial charge in [-0.1, -0.05) is 51.1 Å². The van der Waals surface area contributed by atoms with E-state index >= 15 is 0 Å². The molecule has 1 atom stereocenters. The quantitative estimate of drug-likeness (QED) is 0.926. The van der Waals surface area contributed by atoms with E-state index in [1.165, 1.54) is 10.9 Å². The molecule has 1 amide bonds. The number of hydrogen-bond donors (Lipinski definition) is 1. The number of nitrogens with zero attached hydrogens (tertiary/aromatic N) is 2. The van der Waals surface area contributed by atoms with Gasteiger partial charge in [-0.15, -0.1) is 0 Å².